The van der Waals surface area contributed by atoms with E-state index in [0.717, 1.165) is 19.3 Å². The van der Waals surface area contributed by atoms with E-state index in [2.05, 4.69) is 24.4 Å². The molecule has 1 aromatic carbocycles. The molecule has 0 aliphatic rings. The maximum atomic E-state index is 12.2. The van der Waals surface area contributed by atoms with Gasteiger partial charge in [0.15, 0.2) is 0 Å². The van der Waals surface area contributed by atoms with E-state index in [1.807, 2.05) is 25.1 Å². The summed E-state index contributed by atoms with van der Waals surface area (Å²) in [7, 11) is 0. The van der Waals surface area contributed by atoms with Crippen molar-refractivity contribution in [3.8, 4) is 0 Å². The Morgan fingerprint density at radius 2 is 1.95 bits per heavy atom. The molecule has 0 radical (unpaired) electrons. The third kappa shape index (κ3) is 5.03. The van der Waals surface area contributed by atoms with Crippen LogP contribution in [-0.2, 0) is 11.2 Å². The summed E-state index contributed by atoms with van der Waals surface area (Å²) in [5, 5.41) is 3.08. The zero-order valence-electron chi connectivity index (χ0n) is 12.3. The minimum atomic E-state index is -0.765. The largest absolute Gasteiger partial charge is 0.351 e. The number of nitrogens with one attached hydrogen (secondary N) is 1. The average Bonchev–Trinajstić information content (AvgIpc) is 2.39. The lowest BCUT2D eigenvalue weighted by Crippen LogP contribution is -2.54. The summed E-state index contributed by atoms with van der Waals surface area (Å²) >= 11 is 0. The van der Waals surface area contributed by atoms with Crippen molar-refractivity contribution >= 4 is 5.91 Å². The van der Waals surface area contributed by atoms with Gasteiger partial charge < -0.3 is 11.1 Å². The Morgan fingerprint density at radius 3 is 2.47 bits per heavy atom. The molecule has 3 N–H and O–H groups in total. The van der Waals surface area contributed by atoms with Gasteiger partial charge in [-0.3, -0.25) is 4.79 Å². The molecule has 106 valence electrons. The Hall–Kier alpha value is -1.35. The summed E-state index contributed by atoms with van der Waals surface area (Å²) in [6, 6.07) is 10.4. The first-order chi connectivity index (χ1) is 8.99. The molecule has 19 heavy (non-hydrogen) atoms. The number of carbonyl (C=O) groups is 1. The monoisotopic (exact) mass is 262 g/mol. The molecule has 1 aromatic rings. The van der Waals surface area contributed by atoms with E-state index in [1.54, 1.807) is 6.92 Å². The molecule has 0 aliphatic carbocycles. The van der Waals surface area contributed by atoms with Crippen LogP contribution in [0.2, 0.25) is 0 Å². The van der Waals surface area contributed by atoms with Gasteiger partial charge in [0, 0.05) is 6.04 Å². The van der Waals surface area contributed by atoms with Crippen molar-refractivity contribution < 1.29 is 4.79 Å². The van der Waals surface area contributed by atoms with Crippen molar-refractivity contribution in [1.29, 1.82) is 0 Å². The van der Waals surface area contributed by atoms with E-state index in [4.69, 9.17) is 5.73 Å². The van der Waals surface area contributed by atoms with Crippen LogP contribution in [0.5, 0.6) is 0 Å². The van der Waals surface area contributed by atoms with Crippen molar-refractivity contribution in [3.63, 3.8) is 0 Å². The fourth-order valence-electron chi connectivity index (χ4n) is 2.18. The van der Waals surface area contributed by atoms with Gasteiger partial charge in [-0.15, -0.1) is 0 Å². The fourth-order valence-corrected chi connectivity index (χ4v) is 2.18. The smallest absolute Gasteiger partial charge is 0.240 e. The predicted molar refractivity (Wildman–Crippen MR) is 79.9 cm³/mol. The van der Waals surface area contributed by atoms with E-state index in [0.29, 0.717) is 6.42 Å². The van der Waals surface area contributed by atoms with E-state index in [9.17, 15) is 4.79 Å². The number of amides is 1. The van der Waals surface area contributed by atoms with Crippen LogP contribution < -0.4 is 11.1 Å². The maximum absolute atomic E-state index is 12.2. The first-order valence-corrected chi connectivity index (χ1v) is 7.13. The highest BCUT2D eigenvalue weighted by Gasteiger charge is 2.28. The molecule has 3 nitrogen and oxygen atoms in total. The first kappa shape index (κ1) is 15.7. The molecule has 3 heteroatoms. The molecular weight excluding hydrogens is 236 g/mol. The predicted octanol–water partition coefficient (Wildman–Crippen LogP) is 2.64. The molecule has 0 bridgehead atoms. The average molecular weight is 262 g/mol. The van der Waals surface area contributed by atoms with Gasteiger partial charge in [-0.1, -0.05) is 50.6 Å². The molecule has 0 saturated heterocycles. The van der Waals surface area contributed by atoms with Gasteiger partial charge >= 0.3 is 0 Å². The minimum absolute atomic E-state index is 0.0443. The van der Waals surface area contributed by atoms with Gasteiger partial charge in [0.2, 0.25) is 5.91 Å². The summed E-state index contributed by atoms with van der Waals surface area (Å²) < 4.78 is 0. The zero-order chi connectivity index (χ0) is 14.3. The maximum Gasteiger partial charge on any atom is 0.240 e. The number of rotatable bonds is 7. The van der Waals surface area contributed by atoms with Gasteiger partial charge in [-0.2, -0.15) is 0 Å². The van der Waals surface area contributed by atoms with E-state index in [-0.39, 0.29) is 11.9 Å². The van der Waals surface area contributed by atoms with Crippen LogP contribution in [0.3, 0.4) is 0 Å². The van der Waals surface area contributed by atoms with Gasteiger partial charge in [-0.25, -0.2) is 0 Å². The lowest BCUT2D eigenvalue weighted by molar-refractivity contribution is -0.126. The highest BCUT2D eigenvalue weighted by atomic mass is 16.2. The van der Waals surface area contributed by atoms with Gasteiger partial charge in [0.05, 0.1) is 5.54 Å². The summed E-state index contributed by atoms with van der Waals surface area (Å²) in [4.78, 5) is 12.2. The molecule has 2 atom stereocenters. The topological polar surface area (TPSA) is 55.1 Å². The molecule has 0 heterocycles. The van der Waals surface area contributed by atoms with Crippen LogP contribution >= 0.6 is 0 Å². The number of nitrogens with two attached hydrogens (primary N) is 1. The van der Waals surface area contributed by atoms with E-state index >= 15 is 0 Å². The number of benzene rings is 1. The fraction of sp³-hybridized carbons (Fsp3) is 0.562. The van der Waals surface area contributed by atoms with Gasteiger partial charge in [0.25, 0.3) is 0 Å². The van der Waals surface area contributed by atoms with Crippen molar-refractivity contribution in [2.45, 2.75) is 58.0 Å². The summed E-state index contributed by atoms with van der Waals surface area (Å²) in [5.41, 5.74) is 6.53. The Morgan fingerprint density at radius 1 is 1.32 bits per heavy atom. The second kappa shape index (κ2) is 7.29. The second-order valence-electron chi connectivity index (χ2n) is 5.44. The van der Waals surface area contributed by atoms with E-state index in [1.165, 1.54) is 5.56 Å². The van der Waals surface area contributed by atoms with Gasteiger partial charge in [0.1, 0.15) is 0 Å². The number of carbonyl (C=O) groups excluding carboxylic acids is 1. The van der Waals surface area contributed by atoms with Crippen LogP contribution in [0.1, 0.15) is 45.6 Å². The molecule has 0 saturated carbocycles. The van der Waals surface area contributed by atoms with Crippen molar-refractivity contribution in [3.05, 3.63) is 35.9 Å². The Balaban J connectivity index is 2.60. The minimum Gasteiger partial charge on any atom is -0.351 e. The van der Waals surface area contributed by atoms with Crippen molar-refractivity contribution in [2.75, 3.05) is 0 Å². The van der Waals surface area contributed by atoms with Crippen LogP contribution in [-0.4, -0.2) is 17.5 Å². The third-order valence-electron chi connectivity index (χ3n) is 3.44. The second-order valence-corrected chi connectivity index (χ2v) is 5.44. The highest BCUT2D eigenvalue weighted by Crippen LogP contribution is 2.11. The molecule has 0 aliphatic heterocycles. The standard InChI is InChI=1S/C16H26N2O/c1-4-11-16(3,17)15(19)18-14(5-2)12-13-9-7-6-8-10-13/h6-10,14H,4-5,11-12,17H2,1-3H3,(H,18,19). The van der Waals surface area contributed by atoms with Crippen molar-refractivity contribution in [1.82, 2.24) is 5.32 Å². The van der Waals surface area contributed by atoms with Crippen molar-refractivity contribution in [2.24, 2.45) is 5.73 Å². The Kier molecular flexibility index (Phi) is 6.03. The first-order valence-electron chi connectivity index (χ1n) is 7.13. The van der Waals surface area contributed by atoms with Crippen LogP contribution in [0.15, 0.2) is 30.3 Å². The molecule has 1 amide bonds. The third-order valence-corrected chi connectivity index (χ3v) is 3.44. The summed E-state index contributed by atoms with van der Waals surface area (Å²) in [6.07, 6.45) is 3.38. The molecular formula is C16H26N2O. The molecule has 1 rings (SSSR count). The Labute approximate surface area is 116 Å². The lowest BCUT2D eigenvalue weighted by Gasteiger charge is -2.26. The SMILES string of the molecule is CCCC(C)(N)C(=O)NC(CC)Cc1ccccc1. The normalized spacial score (nSPS) is 15.6. The molecule has 0 fully saturated rings. The lowest BCUT2D eigenvalue weighted by atomic mass is 9.95. The molecule has 2 unspecified atom stereocenters. The zero-order valence-corrected chi connectivity index (χ0v) is 12.3. The highest BCUT2D eigenvalue weighted by molar-refractivity contribution is 5.85. The van der Waals surface area contributed by atoms with Crippen LogP contribution in [0, 0.1) is 0 Å². The van der Waals surface area contributed by atoms with Gasteiger partial charge in [-0.05, 0) is 31.7 Å². The van der Waals surface area contributed by atoms with Crippen LogP contribution in [0.25, 0.3) is 0 Å². The number of hydrogen-bond donors (Lipinski definition) is 2. The molecule has 0 spiro atoms. The number of hydrogen-bond acceptors (Lipinski definition) is 2. The summed E-state index contributed by atoms with van der Waals surface area (Å²) in [6.45, 7) is 5.93. The summed E-state index contributed by atoms with van der Waals surface area (Å²) in [5.74, 6) is -0.0443. The quantitative estimate of drug-likeness (QED) is 0.793. The van der Waals surface area contributed by atoms with Crippen LogP contribution in [0.4, 0.5) is 0 Å². The van der Waals surface area contributed by atoms with E-state index < -0.39 is 5.54 Å². The Bertz CT molecular complexity index is 387. The molecule has 0 aromatic heterocycles.